The number of likely N-dealkylation sites (N-methyl/N-ethyl adjacent to an activating group) is 1. The second kappa shape index (κ2) is 10.0. The molecule has 1 aliphatic carbocycles. The van der Waals surface area contributed by atoms with E-state index in [1.807, 2.05) is 30.3 Å². The second-order valence-electron chi connectivity index (χ2n) is 9.58. The van der Waals surface area contributed by atoms with E-state index in [2.05, 4.69) is 24.9 Å². The number of fused-ring (bicyclic) bond motifs is 1. The van der Waals surface area contributed by atoms with E-state index in [0.29, 0.717) is 11.8 Å². The lowest BCUT2D eigenvalue weighted by atomic mass is 9.92. The number of hydrogen-bond donors (Lipinski definition) is 1. The topological polar surface area (TPSA) is 59.0 Å². The minimum atomic E-state index is -0.710. The summed E-state index contributed by atoms with van der Waals surface area (Å²) in [4.78, 5) is 14.2. The number of nitrogens with zero attached hydrogens (tertiary/aromatic N) is 1. The maximum absolute atomic E-state index is 11.8. The number of hydrogen-bond acceptors (Lipinski definition) is 5. The molecule has 2 aromatic rings. The zero-order valence-electron chi connectivity index (χ0n) is 19.6. The SMILES string of the molecule is COC(=O)C(C)(C)COc1ccc2cc(C(O)C(C)N(C)C3CCCCC3)ccc2c1. The molecule has 3 rings (SSSR count). The van der Waals surface area contributed by atoms with Crippen molar-refractivity contribution in [3.8, 4) is 5.75 Å². The first-order valence-corrected chi connectivity index (χ1v) is 11.4. The molecular formula is C26H37NO4. The Morgan fingerprint density at radius 2 is 1.77 bits per heavy atom. The van der Waals surface area contributed by atoms with Crippen molar-refractivity contribution in [2.75, 3.05) is 20.8 Å². The van der Waals surface area contributed by atoms with Gasteiger partial charge in [-0.1, -0.05) is 37.5 Å². The van der Waals surface area contributed by atoms with Crippen LogP contribution in [0.5, 0.6) is 5.75 Å². The minimum absolute atomic E-state index is 0.0590. The Morgan fingerprint density at radius 1 is 1.13 bits per heavy atom. The number of carbonyl (C=O) groups excluding carboxylic acids is 1. The smallest absolute Gasteiger partial charge is 0.314 e. The van der Waals surface area contributed by atoms with Gasteiger partial charge in [-0.05, 0) is 75.2 Å². The van der Waals surface area contributed by atoms with Crippen molar-refractivity contribution in [2.24, 2.45) is 5.41 Å². The van der Waals surface area contributed by atoms with Gasteiger partial charge in [-0.25, -0.2) is 0 Å². The average molecular weight is 428 g/mol. The highest BCUT2D eigenvalue weighted by atomic mass is 16.5. The van der Waals surface area contributed by atoms with Crippen molar-refractivity contribution >= 4 is 16.7 Å². The van der Waals surface area contributed by atoms with Crippen LogP contribution in [-0.2, 0) is 9.53 Å². The van der Waals surface area contributed by atoms with E-state index in [-0.39, 0.29) is 18.6 Å². The normalized spacial score (nSPS) is 17.5. The zero-order chi connectivity index (χ0) is 22.6. The highest BCUT2D eigenvalue weighted by Gasteiger charge is 2.30. The van der Waals surface area contributed by atoms with E-state index in [9.17, 15) is 9.90 Å². The summed E-state index contributed by atoms with van der Waals surface area (Å²) in [6.45, 7) is 5.97. The Morgan fingerprint density at radius 3 is 2.45 bits per heavy atom. The standard InChI is InChI=1S/C26H37NO4/c1-18(27(4)22-9-7-6-8-10-22)24(28)21-12-11-20-16-23(14-13-19(20)15-21)31-17-26(2,3)25(29)30-5/h11-16,18,22,24,28H,6-10,17H2,1-5H3. The average Bonchev–Trinajstić information content (AvgIpc) is 2.80. The van der Waals surface area contributed by atoms with Gasteiger partial charge in [0.25, 0.3) is 0 Å². The van der Waals surface area contributed by atoms with Gasteiger partial charge in [0.05, 0.1) is 18.6 Å². The van der Waals surface area contributed by atoms with Gasteiger partial charge in [0.15, 0.2) is 0 Å². The first-order valence-electron chi connectivity index (χ1n) is 11.4. The van der Waals surface area contributed by atoms with Crippen LogP contribution in [-0.4, -0.2) is 48.8 Å². The molecule has 1 N–H and O–H groups in total. The third-order valence-corrected chi connectivity index (χ3v) is 6.76. The Balaban J connectivity index is 1.69. The predicted molar refractivity (Wildman–Crippen MR) is 124 cm³/mol. The Kier molecular flexibility index (Phi) is 7.60. The molecule has 0 amide bonds. The molecule has 1 saturated carbocycles. The van der Waals surface area contributed by atoms with Gasteiger partial charge in [-0.3, -0.25) is 9.69 Å². The molecule has 0 heterocycles. The molecular weight excluding hydrogens is 390 g/mol. The van der Waals surface area contributed by atoms with Crippen LogP contribution in [0.4, 0.5) is 0 Å². The van der Waals surface area contributed by atoms with Crippen molar-refractivity contribution in [3.05, 3.63) is 42.0 Å². The van der Waals surface area contributed by atoms with Crippen LogP contribution >= 0.6 is 0 Å². The van der Waals surface area contributed by atoms with E-state index in [0.717, 1.165) is 16.3 Å². The van der Waals surface area contributed by atoms with Crippen molar-refractivity contribution in [2.45, 2.75) is 71.1 Å². The van der Waals surface area contributed by atoms with Crippen LogP contribution in [0, 0.1) is 5.41 Å². The zero-order valence-corrected chi connectivity index (χ0v) is 19.6. The largest absolute Gasteiger partial charge is 0.492 e. The molecule has 0 bridgehead atoms. The summed E-state index contributed by atoms with van der Waals surface area (Å²) in [6.07, 6.45) is 5.82. The second-order valence-corrected chi connectivity index (χ2v) is 9.58. The molecule has 170 valence electrons. The van der Waals surface area contributed by atoms with Crippen LogP contribution in [0.15, 0.2) is 36.4 Å². The van der Waals surface area contributed by atoms with E-state index >= 15 is 0 Å². The van der Waals surface area contributed by atoms with Gasteiger partial charge in [0.2, 0.25) is 0 Å². The van der Waals surface area contributed by atoms with Crippen LogP contribution in [0.25, 0.3) is 10.8 Å². The van der Waals surface area contributed by atoms with Gasteiger partial charge >= 0.3 is 5.97 Å². The van der Waals surface area contributed by atoms with Gasteiger partial charge < -0.3 is 14.6 Å². The molecule has 0 aliphatic heterocycles. The monoisotopic (exact) mass is 427 g/mol. The third-order valence-electron chi connectivity index (χ3n) is 6.76. The molecule has 5 nitrogen and oxygen atoms in total. The fourth-order valence-electron chi connectivity index (χ4n) is 4.44. The van der Waals surface area contributed by atoms with Crippen LogP contribution < -0.4 is 4.74 Å². The Labute approximate surface area is 186 Å². The maximum Gasteiger partial charge on any atom is 0.314 e. The molecule has 2 unspecified atom stereocenters. The fourth-order valence-corrected chi connectivity index (χ4v) is 4.44. The third kappa shape index (κ3) is 5.58. The van der Waals surface area contributed by atoms with Crippen molar-refractivity contribution < 1.29 is 19.4 Å². The van der Waals surface area contributed by atoms with Gasteiger partial charge in [0, 0.05) is 12.1 Å². The number of methoxy groups -OCH3 is 1. The van der Waals surface area contributed by atoms with E-state index in [1.165, 1.54) is 39.2 Å². The lowest BCUT2D eigenvalue weighted by Crippen LogP contribution is -2.42. The van der Waals surface area contributed by atoms with Crippen molar-refractivity contribution in [3.63, 3.8) is 0 Å². The number of carbonyl (C=O) groups is 1. The van der Waals surface area contributed by atoms with Gasteiger partial charge in [-0.15, -0.1) is 0 Å². The predicted octanol–water partition coefficient (Wildman–Crippen LogP) is 5.10. The summed E-state index contributed by atoms with van der Waals surface area (Å²) in [7, 11) is 3.53. The van der Waals surface area contributed by atoms with E-state index in [4.69, 9.17) is 9.47 Å². The molecule has 0 spiro atoms. The number of ether oxygens (including phenoxy) is 2. The van der Waals surface area contributed by atoms with Crippen molar-refractivity contribution in [1.82, 2.24) is 4.90 Å². The van der Waals surface area contributed by atoms with E-state index in [1.54, 1.807) is 13.8 Å². The number of rotatable bonds is 8. The molecule has 0 saturated heterocycles. The summed E-state index contributed by atoms with van der Waals surface area (Å²) < 4.78 is 10.7. The lowest BCUT2D eigenvalue weighted by Gasteiger charge is -2.37. The molecule has 1 fully saturated rings. The van der Waals surface area contributed by atoms with Crippen LogP contribution in [0.2, 0.25) is 0 Å². The van der Waals surface area contributed by atoms with Gasteiger partial charge in [-0.2, -0.15) is 0 Å². The number of benzene rings is 2. The van der Waals surface area contributed by atoms with Crippen LogP contribution in [0.3, 0.4) is 0 Å². The molecule has 0 radical (unpaired) electrons. The molecule has 2 atom stereocenters. The molecule has 2 aromatic carbocycles. The number of aliphatic hydroxyl groups is 1. The summed E-state index contributed by atoms with van der Waals surface area (Å²) in [5.74, 6) is 0.419. The molecule has 5 heteroatoms. The minimum Gasteiger partial charge on any atom is -0.492 e. The summed E-state index contributed by atoms with van der Waals surface area (Å²) in [5, 5.41) is 13.1. The first kappa shape index (κ1) is 23.6. The summed E-state index contributed by atoms with van der Waals surface area (Å²) in [5.41, 5.74) is 0.223. The fraction of sp³-hybridized carbons (Fsp3) is 0.577. The van der Waals surface area contributed by atoms with Crippen molar-refractivity contribution in [1.29, 1.82) is 0 Å². The van der Waals surface area contributed by atoms with E-state index < -0.39 is 11.5 Å². The summed E-state index contributed by atoms with van der Waals surface area (Å²) in [6, 6.07) is 12.6. The molecule has 0 aromatic heterocycles. The van der Waals surface area contributed by atoms with Crippen LogP contribution in [0.1, 0.15) is 64.5 Å². The lowest BCUT2D eigenvalue weighted by molar-refractivity contribution is -0.152. The highest BCUT2D eigenvalue weighted by molar-refractivity contribution is 5.84. The highest BCUT2D eigenvalue weighted by Crippen LogP contribution is 2.30. The summed E-state index contributed by atoms with van der Waals surface area (Å²) >= 11 is 0. The quantitative estimate of drug-likeness (QED) is 0.594. The molecule has 1 aliphatic rings. The Hall–Kier alpha value is -2.11. The maximum atomic E-state index is 11.8. The Bertz CT molecular complexity index is 888. The number of aliphatic hydroxyl groups excluding tert-OH is 1. The van der Waals surface area contributed by atoms with Gasteiger partial charge in [0.1, 0.15) is 12.4 Å². The first-order chi connectivity index (χ1) is 14.7. The molecule has 31 heavy (non-hydrogen) atoms. The number of esters is 1.